The van der Waals surface area contributed by atoms with Crippen LogP contribution in [0, 0.1) is 0 Å². The molecule has 0 fully saturated rings. The van der Waals surface area contributed by atoms with Crippen LogP contribution in [-0.4, -0.2) is 25.8 Å². The molecule has 3 aromatic heterocycles. The van der Waals surface area contributed by atoms with E-state index in [0.29, 0.717) is 5.82 Å². The standard InChI is InChI=1S/C76H57BN4/c1-75(2,3)56-35-54(36-57(45-56)76(4,5)6)71-58-29-19-20-30-65(58)78-74(79-71)55-43-68-70-69(44-55)81-67-34-32-51(47-23-13-8-14-24-47)38-60(67)62-40-53(49-27-17-10-18-28-49)42-64(73(62)81)77(70)63-41-52(48-25-15-9-16-26-48)39-61-59-37-50(46-21-11-7-12-22-46)31-33-66(59)80(68)72(61)63/h7-45H,1-6H3. The van der Waals surface area contributed by atoms with E-state index in [4.69, 9.17) is 9.97 Å². The maximum Gasteiger partial charge on any atom is 0.252 e. The van der Waals surface area contributed by atoms with Crippen molar-refractivity contribution in [3.63, 3.8) is 0 Å². The molecular formula is C76H57BN4. The van der Waals surface area contributed by atoms with Gasteiger partial charge in [0.15, 0.2) is 5.82 Å². The lowest BCUT2D eigenvalue weighted by molar-refractivity contribution is 0.569. The van der Waals surface area contributed by atoms with Crippen LogP contribution in [0.4, 0.5) is 0 Å². The van der Waals surface area contributed by atoms with Crippen LogP contribution in [0.3, 0.4) is 0 Å². The zero-order valence-electron chi connectivity index (χ0n) is 46.4. The summed E-state index contributed by atoms with van der Waals surface area (Å²) in [6.07, 6.45) is 0. The average molecular weight is 1040 g/mol. The molecule has 11 aromatic carbocycles. The van der Waals surface area contributed by atoms with E-state index in [1.54, 1.807) is 0 Å². The lowest BCUT2D eigenvalue weighted by Crippen LogP contribution is -2.59. The minimum atomic E-state index is -0.124. The summed E-state index contributed by atoms with van der Waals surface area (Å²) in [5, 5.41) is 5.97. The van der Waals surface area contributed by atoms with Gasteiger partial charge >= 0.3 is 0 Å². The third kappa shape index (κ3) is 7.38. The van der Waals surface area contributed by atoms with Crippen LogP contribution >= 0.6 is 0 Å². The van der Waals surface area contributed by atoms with Gasteiger partial charge < -0.3 is 9.13 Å². The molecule has 2 aliphatic rings. The van der Waals surface area contributed by atoms with Gasteiger partial charge in [0.25, 0.3) is 6.71 Å². The minimum Gasteiger partial charge on any atom is -0.310 e. The number of hydrogen-bond donors (Lipinski definition) is 0. The highest BCUT2D eigenvalue weighted by atomic mass is 15.0. The summed E-state index contributed by atoms with van der Waals surface area (Å²) in [7, 11) is 0. The molecule has 0 saturated heterocycles. The highest BCUT2D eigenvalue weighted by molar-refractivity contribution is 7.00. The van der Waals surface area contributed by atoms with Crippen LogP contribution in [0.2, 0.25) is 0 Å². The maximum absolute atomic E-state index is 5.79. The molecule has 0 spiro atoms. The fourth-order valence-electron chi connectivity index (χ4n) is 13.5. The number of fused-ring (bicyclic) bond motifs is 11. The first kappa shape index (κ1) is 47.4. The highest BCUT2D eigenvalue weighted by Gasteiger charge is 2.42. The highest BCUT2D eigenvalue weighted by Crippen LogP contribution is 2.45. The van der Waals surface area contributed by atoms with Crippen LogP contribution < -0.4 is 16.4 Å². The van der Waals surface area contributed by atoms with Crippen molar-refractivity contribution in [2.75, 3.05) is 0 Å². The Morgan fingerprint density at radius 2 is 0.741 bits per heavy atom. The van der Waals surface area contributed by atoms with Crippen LogP contribution in [0.15, 0.2) is 237 Å². The topological polar surface area (TPSA) is 35.6 Å². The van der Waals surface area contributed by atoms with Crippen molar-refractivity contribution in [3.8, 4) is 78.5 Å². The quantitative estimate of drug-likeness (QED) is 0.156. The van der Waals surface area contributed by atoms with Crippen LogP contribution in [-0.2, 0) is 10.8 Å². The van der Waals surface area contributed by atoms with Gasteiger partial charge in [0.1, 0.15) is 0 Å². The Bertz CT molecular complexity index is 4660. The van der Waals surface area contributed by atoms with E-state index in [1.807, 2.05) is 0 Å². The van der Waals surface area contributed by atoms with Crippen molar-refractivity contribution in [1.82, 2.24) is 19.1 Å². The van der Waals surface area contributed by atoms with Gasteiger partial charge in [-0.2, -0.15) is 0 Å². The molecule has 0 aliphatic carbocycles. The molecule has 2 aliphatic heterocycles. The molecule has 0 N–H and O–H groups in total. The molecule has 0 amide bonds. The number of aromatic nitrogens is 4. The number of para-hydroxylation sites is 1. The third-order valence-corrected chi connectivity index (χ3v) is 17.5. The number of nitrogens with zero attached hydrogens (tertiary/aromatic N) is 4. The Morgan fingerprint density at radius 3 is 1.20 bits per heavy atom. The Hall–Kier alpha value is -9.58. The summed E-state index contributed by atoms with van der Waals surface area (Å²) in [5.41, 5.74) is 27.0. The monoisotopic (exact) mass is 1040 g/mol. The molecule has 0 atom stereocenters. The third-order valence-electron chi connectivity index (χ3n) is 17.5. The number of hydrogen-bond acceptors (Lipinski definition) is 2. The summed E-state index contributed by atoms with van der Waals surface area (Å²) in [5.74, 6) is 0.700. The van der Waals surface area contributed by atoms with Crippen molar-refractivity contribution >= 4 is 77.6 Å². The molecule has 0 radical (unpaired) electrons. The largest absolute Gasteiger partial charge is 0.310 e. The molecule has 81 heavy (non-hydrogen) atoms. The molecule has 5 heterocycles. The fraction of sp³-hybridized carbons (Fsp3) is 0.105. The van der Waals surface area contributed by atoms with Gasteiger partial charge in [0.2, 0.25) is 0 Å². The van der Waals surface area contributed by atoms with Crippen molar-refractivity contribution < 1.29 is 0 Å². The second-order valence-corrected chi connectivity index (χ2v) is 24.6. The van der Waals surface area contributed by atoms with Crippen molar-refractivity contribution in [3.05, 3.63) is 248 Å². The maximum atomic E-state index is 5.79. The van der Waals surface area contributed by atoms with E-state index in [0.717, 1.165) is 39.1 Å². The fourth-order valence-corrected chi connectivity index (χ4v) is 13.5. The zero-order chi connectivity index (χ0) is 54.5. The van der Waals surface area contributed by atoms with Crippen LogP contribution in [0.1, 0.15) is 52.7 Å². The second kappa shape index (κ2) is 17.5. The predicted octanol–water partition coefficient (Wildman–Crippen LogP) is 17.6. The predicted molar refractivity (Wildman–Crippen MR) is 343 cm³/mol. The van der Waals surface area contributed by atoms with Gasteiger partial charge in [-0.05, 0) is 150 Å². The Kier molecular flexibility index (Phi) is 10.2. The first-order valence-electron chi connectivity index (χ1n) is 28.5. The van der Waals surface area contributed by atoms with Gasteiger partial charge in [-0.15, -0.1) is 0 Å². The zero-order valence-corrected chi connectivity index (χ0v) is 46.4. The molecule has 4 nitrogen and oxygen atoms in total. The summed E-state index contributed by atoms with van der Waals surface area (Å²) in [6.45, 7) is 13.7. The number of benzene rings is 11. The Morgan fingerprint density at radius 1 is 0.321 bits per heavy atom. The molecule has 5 heteroatoms. The van der Waals surface area contributed by atoms with Crippen LogP contribution in [0.5, 0.6) is 0 Å². The van der Waals surface area contributed by atoms with E-state index >= 15 is 0 Å². The summed E-state index contributed by atoms with van der Waals surface area (Å²) < 4.78 is 5.18. The normalized spacial score (nSPS) is 12.8. The summed E-state index contributed by atoms with van der Waals surface area (Å²) >= 11 is 0. The lowest BCUT2D eigenvalue weighted by atomic mass is 9.34. The Labute approximate surface area is 472 Å². The smallest absolute Gasteiger partial charge is 0.252 e. The molecule has 384 valence electrons. The van der Waals surface area contributed by atoms with Gasteiger partial charge in [-0.25, -0.2) is 9.97 Å². The average Bonchev–Trinajstić information content (AvgIpc) is 1.90. The molecule has 0 unspecified atom stereocenters. The van der Waals surface area contributed by atoms with Gasteiger partial charge in [0, 0.05) is 60.5 Å². The second-order valence-electron chi connectivity index (χ2n) is 24.6. The number of rotatable bonds is 6. The molecular weight excluding hydrogens is 980 g/mol. The van der Waals surface area contributed by atoms with Crippen molar-refractivity contribution in [2.24, 2.45) is 0 Å². The van der Waals surface area contributed by atoms with Gasteiger partial charge in [0.05, 0.1) is 22.2 Å². The first-order chi connectivity index (χ1) is 39.4. The van der Waals surface area contributed by atoms with E-state index in [1.165, 1.54) is 116 Å². The molecule has 0 bridgehead atoms. The van der Waals surface area contributed by atoms with E-state index in [2.05, 4.69) is 287 Å². The minimum absolute atomic E-state index is 0.0743. The summed E-state index contributed by atoms with van der Waals surface area (Å²) in [4.78, 5) is 11.4. The first-order valence-corrected chi connectivity index (χ1v) is 28.5. The van der Waals surface area contributed by atoms with E-state index < -0.39 is 0 Å². The van der Waals surface area contributed by atoms with E-state index in [9.17, 15) is 0 Å². The van der Waals surface area contributed by atoms with Crippen molar-refractivity contribution in [1.29, 1.82) is 0 Å². The SMILES string of the molecule is CC(C)(C)c1cc(-c2nc(-c3cc4c5c(c3)-n3c6ccc(-c7ccccc7)cc6c6cc(-c7ccccc7)cc(c63)B5c3cc(-c5ccccc5)cc5c6cc(-c7ccccc7)ccc6n-4c35)nc3ccccc23)cc(C(C)(C)C)c1. The Balaban J connectivity index is 1.06. The molecule has 0 saturated carbocycles. The van der Waals surface area contributed by atoms with E-state index in [-0.39, 0.29) is 17.5 Å². The van der Waals surface area contributed by atoms with Gasteiger partial charge in [-0.3, -0.25) is 0 Å². The lowest BCUT2D eigenvalue weighted by Gasteiger charge is -2.34. The van der Waals surface area contributed by atoms with Crippen LogP contribution in [0.25, 0.3) is 133 Å². The van der Waals surface area contributed by atoms with Gasteiger partial charge in [-0.1, -0.05) is 211 Å². The molecule has 16 rings (SSSR count). The summed E-state index contributed by atoms with van der Waals surface area (Å²) in [6, 6.07) is 88.3. The molecule has 14 aromatic rings. The van der Waals surface area contributed by atoms with Crippen molar-refractivity contribution in [2.45, 2.75) is 52.4 Å².